The van der Waals surface area contributed by atoms with Crippen LogP contribution in [-0.4, -0.2) is 43.9 Å². The summed E-state index contributed by atoms with van der Waals surface area (Å²) in [6.07, 6.45) is 5.38. The summed E-state index contributed by atoms with van der Waals surface area (Å²) in [5.41, 5.74) is 0.808. The van der Waals surface area contributed by atoms with Crippen molar-refractivity contribution in [2.24, 2.45) is 0 Å². The second kappa shape index (κ2) is 4.28. The number of rotatable bonds is 4. The predicted octanol–water partition coefficient (Wildman–Crippen LogP) is 0.246. The lowest BCUT2D eigenvalue weighted by atomic mass is 10.4. The van der Waals surface area contributed by atoms with Crippen LogP contribution in [-0.2, 0) is 11.3 Å². The molecule has 0 radical (unpaired) electrons. The lowest BCUT2D eigenvalue weighted by Gasteiger charge is -2.10. The van der Waals surface area contributed by atoms with Crippen LogP contribution in [0.15, 0.2) is 24.7 Å². The molecule has 0 saturated carbocycles. The molecule has 0 amide bonds. The van der Waals surface area contributed by atoms with Gasteiger partial charge in [0, 0.05) is 25.1 Å². The molecule has 0 aliphatic carbocycles. The zero-order chi connectivity index (χ0) is 11.5. The van der Waals surface area contributed by atoms with Gasteiger partial charge in [-0.3, -0.25) is 14.1 Å². The zero-order valence-corrected chi connectivity index (χ0v) is 8.87. The van der Waals surface area contributed by atoms with E-state index in [1.807, 2.05) is 22.9 Å². The fourth-order valence-electron chi connectivity index (χ4n) is 1.52. The molecule has 2 aromatic rings. The van der Waals surface area contributed by atoms with Gasteiger partial charge in [0.15, 0.2) is 0 Å². The van der Waals surface area contributed by atoms with Gasteiger partial charge in [-0.1, -0.05) is 0 Å². The smallest absolute Gasteiger partial charge is 0.317 e. The monoisotopic (exact) mass is 220 g/mol. The molecule has 0 fully saturated rings. The van der Waals surface area contributed by atoms with Crippen LogP contribution in [0.4, 0.5) is 0 Å². The minimum Gasteiger partial charge on any atom is -0.480 e. The maximum atomic E-state index is 10.5. The van der Waals surface area contributed by atoms with Gasteiger partial charge in [-0.25, -0.2) is 9.97 Å². The summed E-state index contributed by atoms with van der Waals surface area (Å²) < 4.78 is 1.81. The van der Waals surface area contributed by atoms with Gasteiger partial charge in [0.2, 0.25) is 5.78 Å². The van der Waals surface area contributed by atoms with E-state index in [1.165, 1.54) is 0 Å². The number of carboxylic acids is 1. The lowest BCUT2D eigenvalue weighted by Crippen LogP contribution is -2.25. The molecule has 0 aliphatic heterocycles. The number of aromatic nitrogens is 3. The Bertz CT molecular complexity index is 475. The largest absolute Gasteiger partial charge is 0.480 e. The number of carboxylic acid groups (broad SMARTS) is 1. The molecule has 0 saturated heterocycles. The van der Waals surface area contributed by atoms with Crippen LogP contribution < -0.4 is 0 Å². The van der Waals surface area contributed by atoms with Crippen LogP contribution in [0.25, 0.3) is 5.78 Å². The molecule has 0 bridgehead atoms. The van der Waals surface area contributed by atoms with Gasteiger partial charge in [-0.15, -0.1) is 0 Å². The normalized spacial score (nSPS) is 11.1. The van der Waals surface area contributed by atoms with Gasteiger partial charge in [0.25, 0.3) is 0 Å². The zero-order valence-electron chi connectivity index (χ0n) is 8.87. The van der Waals surface area contributed by atoms with Gasteiger partial charge in [-0.05, 0) is 13.1 Å². The van der Waals surface area contributed by atoms with Crippen LogP contribution in [0.1, 0.15) is 5.69 Å². The lowest BCUT2D eigenvalue weighted by molar-refractivity contribution is -0.138. The summed E-state index contributed by atoms with van der Waals surface area (Å²) in [6.45, 7) is 0.497. The third-order valence-electron chi connectivity index (χ3n) is 2.12. The Hall–Kier alpha value is -1.95. The summed E-state index contributed by atoms with van der Waals surface area (Å²) in [5.74, 6) is -0.217. The summed E-state index contributed by atoms with van der Waals surface area (Å²) in [5, 5.41) is 8.62. The van der Waals surface area contributed by atoms with Crippen LogP contribution in [0.2, 0.25) is 0 Å². The molecular weight excluding hydrogens is 208 g/mol. The quantitative estimate of drug-likeness (QED) is 0.799. The van der Waals surface area contributed by atoms with Crippen molar-refractivity contribution < 1.29 is 9.90 Å². The first-order valence-corrected chi connectivity index (χ1v) is 4.84. The molecule has 2 heterocycles. The van der Waals surface area contributed by atoms with Gasteiger partial charge in [0.05, 0.1) is 12.2 Å². The summed E-state index contributed by atoms with van der Waals surface area (Å²) in [4.78, 5) is 20.5. The van der Waals surface area contributed by atoms with E-state index in [1.54, 1.807) is 18.1 Å². The number of aliphatic carboxylic acids is 1. The number of fused-ring (bicyclic) bond motifs is 1. The molecular formula is C10H12N4O2. The van der Waals surface area contributed by atoms with Crippen molar-refractivity contribution in [3.05, 3.63) is 30.4 Å². The average Bonchev–Trinajstić information content (AvgIpc) is 2.57. The fraction of sp³-hybridized carbons (Fsp3) is 0.300. The number of hydrogen-bond acceptors (Lipinski definition) is 4. The highest BCUT2D eigenvalue weighted by Crippen LogP contribution is 2.04. The highest BCUT2D eigenvalue weighted by molar-refractivity contribution is 5.69. The van der Waals surface area contributed by atoms with E-state index in [4.69, 9.17) is 5.11 Å². The van der Waals surface area contributed by atoms with E-state index in [0.717, 1.165) is 5.69 Å². The summed E-state index contributed by atoms with van der Waals surface area (Å²) in [6, 6.07) is 1.82. The van der Waals surface area contributed by atoms with E-state index in [9.17, 15) is 4.79 Å². The Kier molecular flexibility index (Phi) is 2.82. The van der Waals surface area contributed by atoms with Crippen LogP contribution in [0.3, 0.4) is 0 Å². The van der Waals surface area contributed by atoms with Crippen molar-refractivity contribution in [1.82, 2.24) is 19.3 Å². The Labute approximate surface area is 92.2 Å². The molecule has 1 N–H and O–H groups in total. The van der Waals surface area contributed by atoms with Gasteiger partial charge in [-0.2, -0.15) is 0 Å². The second-order valence-corrected chi connectivity index (χ2v) is 3.63. The van der Waals surface area contributed by atoms with Crippen molar-refractivity contribution in [3.8, 4) is 0 Å². The van der Waals surface area contributed by atoms with Crippen LogP contribution >= 0.6 is 0 Å². The molecule has 0 aromatic carbocycles. The van der Waals surface area contributed by atoms with Crippen molar-refractivity contribution in [2.75, 3.05) is 13.6 Å². The minimum absolute atomic E-state index is 0.00129. The molecule has 84 valence electrons. The maximum absolute atomic E-state index is 10.5. The highest BCUT2D eigenvalue weighted by Gasteiger charge is 2.08. The molecule has 2 aromatic heterocycles. The molecule has 6 nitrogen and oxygen atoms in total. The first-order chi connectivity index (χ1) is 7.65. The Morgan fingerprint density at radius 2 is 2.44 bits per heavy atom. The summed E-state index contributed by atoms with van der Waals surface area (Å²) in [7, 11) is 1.74. The van der Waals surface area contributed by atoms with Gasteiger partial charge < -0.3 is 5.11 Å². The standard InChI is InChI=1S/C10H12N4O2/c1-13(7-9(15)16)5-8-6-14-4-2-3-11-10(14)12-8/h2-4,6H,5,7H2,1H3,(H,15,16). The Morgan fingerprint density at radius 3 is 3.12 bits per heavy atom. The van der Waals surface area contributed by atoms with Crippen molar-refractivity contribution in [1.29, 1.82) is 0 Å². The first kappa shape index (κ1) is 10.6. The predicted molar refractivity (Wildman–Crippen MR) is 57.0 cm³/mol. The van der Waals surface area contributed by atoms with E-state index in [0.29, 0.717) is 12.3 Å². The maximum Gasteiger partial charge on any atom is 0.317 e. The van der Waals surface area contributed by atoms with Crippen molar-refractivity contribution in [2.45, 2.75) is 6.54 Å². The minimum atomic E-state index is -0.843. The molecule has 0 spiro atoms. The third-order valence-corrected chi connectivity index (χ3v) is 2.12. The number of nitrogens with zero attached hydrogens (tertiary/aromatic N) is 4. The number of hydrogen-bond donors (Lipinski definition) is 1. The number of imidazole rings is 1. The van der Waals surface area contributed by atoms with Gasteiger partial charge in [0.1, 0.15) is 0 Å². The van der Waals surface area contributed by atoms with Crippen molar-refractivity contribution >= 4 is 11.7 Å². The molecule has 0 aliphatic rings. The fourth-order valence-corrected chi connectivity index (χ4v) is 1.52. The molecule has 16 heavy (non-hydrogen) atoms. The van der Waals surface area contributed by atoms with E-state index in [-0.39, 0.29) is 6.54 Å². The molecule has 0 atom stereocenters. The number of carbonyl (C=O) groups is 1. The Balaban J connectivity index is 2.12. The Morgan fingerprint density at radius 1 is 1.62 bits per heavy atom. The van der Waals surface area contributed by atoms with Gasteiger partial charge >= 0.3 is 5.97 Å². The first-order valence-electron chi connectivity index (χ1n) is 4.84. The average molecular weight is 220 g/mol. The molecule has 0 unspecified atom stereocenters. The van der Waals surface area contributed by atoms with E-state index < -0.39 is 5.97 Å². The summed E-state index contributed by atoms with van der Waals surface area (Å²) >= 11 is 0. The van der Waals surface area contributed by atoms with E-state index in [2.05, 4.69) is 9.97 Å². The second-order valence-electron chi connectivity index (χ2n) is 3.63. The highest BCUT2D eigenvalue weighted by atomic mass is 16.4. The topological polar surface area (TPSA) is 70.7 Å². The molecule has 6 heteroatoms. The molecule has 2 rings (SSSR count). The van der Waals surface area contributed by atoms with Crippen molar-refractivity contribution in [3.63, 3.8) is 0 Å². The number of likely N-dealkylation sites (N-methyl/N-ethyl adjacent to an activating group) is 1. The van der Waals surface area contributed by atoms with Crippen LogP contribution in [0.5, 0.6) is 0 Å². The van der Waals surface area contributed by atoms with Crippen LogP contribution in [0, 0.1) is 0 Å². The third kappa shape index (κ3) is 2.34. The SMILES string of the molecule is CN(CC(=O)O)Cc1cn2cccnc2n1. The van der Waals surface area contributed by atoms with E-state index >= 15 is 0 Å².